The second-order valence-electron chi connectivity index (χ2n) is 8.76. The van der Waals surface area contributed by atoms with Crippen LogP contribution in [0.3, 0.4) is 0 Å². The molecule has 2 aromatic rings. The molecule has 0 aliphatic carbocycles. The van der Waals surface area contributed by atoms with Gasteiger partial charge in [0.25, 0.3) is 0 Å². The Balaban J connectivity index is 1.60. The molecule has 166 valence electrons. The molecule has 31 heavy (non-hydrogen) atoms. The van der Waals surface area contributed by atoms with Crippen molar-refractivity contribution in [2.45, 2.75) is 50.2 Å². The normalized spacial score (nSPS) is 23.3. The van der Waals surface area contributed by atoms with Crippen molar-refractivity contribution in [2.24, 2.45) is 5.92 Å². The average molecular weight is 443 g/mol. The molecule has 1 amide bonds. The second kappa shape index (κ2) is 9.01. The van der Waals surface area contributed by atoms with Gasteiger partial charge in [-0.3, -0.25) is 4.79 Å². The third-order valence-electron chi connectivity index (χ3n) is 5.99. The van der Waals surface area contributed by atoms with E-state index in [2.05, 4.69) is 0 Å². The first kappa shape index (κ1) is 21.8. The Bertz CT molecular complexity index is 1020. The maximum absolute atomic E-state index is 13.5. The highest BCUT2D eigenvalue weighted by molar-refractivity contribution is 7.89. The van der Waals surface area contributed by atoms with Gasteiger partial charge in [-0.05, 0) is 30.0 Å². The second-order valence-corrected chi connectivity index (χ2v) is 10.6. The first-order valence-electron chi connectivity index (χ1n) is 11.0. The molecule has 2 aliphatic rings. The van der Waals surface area contributed by atoms with E-state index in [4.69, 9.17) is 4.74 Å². The fourth-order valence-electron chi connectivity index (χ4n) is 4.48. The number of sulfonamides is 1. The van der Waals surface area contributed by atoms with Crippen molar-refractivity contribution in [3.05, 3.63) is 60.2 Å². The minimum absolute atomic E-state index is 0.0707. The molecule has 0 saturated carbocycles. The molecule has 0 N–H and O–H groups in total. The molecule has 2 aromatic carbocycles. The van der Waals surface area contributed by atoms with Gasteiger partial charge in [-0.25, -0.2) is 8.42 Å². The van der Waals surface area contributed by atoms with Crippen molar-refractivity contribution >= 4 is 15.9 Å². The van der Waals surface area contributed by atoms with Gasteiger partial charge < -0.3 is 9.64 Å². The summed E-state index contributed by atoms with van der Waals surface area (Å²) < 4.78 is 35.0. The summed E-state index contributed by atoms with van der Waals surface area (Å²) in [5.41, 5.74) is 0.986. The Labute approximate surface area is 184 Å². The van der Waals surface area contributed by atoms with Crippen LogP contribution in [-0.4, -0.2) is 55.3 Å². The molecule has 0 radical (unpaired) electrons. The van der Waals surface area contributed by atoms with Gasteiger partial charge in [0, 0.05) is 26.1 Å². The molecule has 0 bridgehead atoms. The topological polar surface area (TPSA) is 66.9 Å². The van der Waals surface area contributed by atoms with Crippen LogP contribution in [0.1, 0.15) is 32.3 Å². The Morgan fingerprint density at radius 3 is 2.45 bits per heavy atom. The number of likely N-dealkylation sites (tertiary alicyclic amines) is 1. The summed E-state index contributed by atoms with van der Waals surface area (Å²) in [5.74, 6) is 0.661. The predicted octanol–water partition coefficient (Wildman–Crippen LogP) is 3.33. The number of ether oxygens (including phenoxy) is 1. The number of carbonyl (C=O) groups excluding carboxylic acids is 1. The van der Waals surface area contributed by atoms with E-state index in [1.807, 2.05) is 49.1 Å². The number of hydrogen-bond donors (Lipinski definition) is 0. The minimum Gasteiger partial charge on any atom is -0.487 e. The van der Waals surface area contributed by atoms with Crippen LogP contribution in [0, 0.1) is 5.92 Å². The van der Waals surface area contributed by atoms with Crippen molar-refractivity contribution in [1.82, 2.24) is 9.21 Å². The highest BCUT2D eigenvalue weighted by atomic mass is 32.2. The Morgan fingerprint density at radius 2 is 1.71 bits per heavy atom. The van der Waals surface area contributed by atoms with Crippen molar-refractivity contribution in [3.63, 3.8) is 0 Å². The smallest absolute Gasteiger partial charge is 0.247 e. The predicted molar refractivity (Wildman–Crippen MR) is 119 cm³/mol. The fourth-order valence-corrected chi connectivity index (χ4v) is 6.45. The van der Waals surface area contributed by atoms with Crippen LogP contribution >= 0.6 is 0 Å². The summed E-state index contributed by atoms with van der Waals surface area (Å²) >= 11 is 0. The van der Waals surface area contributed by atoms with Crippen LogP contribution in [0.2, 0.25) is 0 Å². The van der Waals surface area contributed by atoms with Crippen LogP contribution in [0.5, 0.6) is 5.75 Å². The summed E-state index contributed by atoms with van der Waals surface area (Å²) in [6.45, 7) is 5.56. The molecule has 7 heteroatoms. The number of rotatable bonds is 4. The molecule has 4 rings (SSSR count). The van der Waals surface area contributed by atoms with Crippen LogP contribution in [-0.2, 0) is 21.2 Å². The highest BCUT2D eigenvalue weighted by Gasteiger charge is 2.43. The van der Waals surface area contributed by atoms with Gasteiger partial charge in [0.1, 0.15) is 16.7 Å². The summed E-state index contributed by atoms with van der Waals surface area (Å²) in [4.78, 5) is 15.0. The molecular formula is C24H30N2O4S. The van der Waals surface area contributed by atoms with Gasteiger partial charge in [0.15, 0.2) is 0 Å². The third-order valence-corrected chi connectivity index (χ3v) is 7.92. The quantitative estimate of drug-likeness (QED) is 0.729. The lowest BCUT2D eigenvalue weighted by atomic mass is 10.0. The maximum atomic E-state index is 13.5. The first-order chi connectivity index (χ1) is 14.9. The van der Waals surface area contributed by atoms with E-state index in [0.717, 1.165) is 5.56 Å². The van der Waals surface area contributed by atoms with Gasteiger partial charge in [-0.15, -0.1) is 0 Å². The van der Waals surface area contributed by atoms with E-state index in [-0.39, 0.29) is 28.9 Å². The number of fused-ring (bicyclic) bond motifs is 2. The monoisotopic (exact) mass is 442 g/mol. The molecule has 2 aliphatic heterocycles. The lowest BCUT2D eigenvalue weighted by molar-refractivity contribution is -0.130. The average Bonchev–Trinajstić information content (AvgIpc) is 2.99. The number of amides is 1. The van der Waals surface area contributed by atoms with Crippen LogP contribution in [0.25, 0.3) is 0 Å². The summed E-state index contributed by atoms with van der Waals surface area (Å²) in [6, 6.07) is 16.3. The number of carbonyl (C=O) groups is 1. The summed E-state index contributed by atoms with van der Waals surface area (Å²) in [7, 11) is -3.68. The van der Waals surface area contributed by atoms with E-state index in [1.54, 1.807) is 28.6 Å². The van der Waals surface area contributed by atoms with Gasteiger partial charge in [-0.1, -0.05) is 56.3 Å². The molecule has 1 saturated heterocycles. The van der Waals surface area contributed by atoms with Crippen LogP contribution in [0.15, 0.2) is 59.5 Å². The SMILES string of the molecule is CC(C)CN1[C@H]2CCN(C(=O)Cc3ccccc3)CC[C@@H]2Oc2ccccc2S1(=O)=O. The van der Waals surface area contributed by atoms with Crippen molar-refractivity contribution in [2.75, 3.05) is 19.6 Å². The number of nitrogens with zero attached hydrogens (tertiary/aromatic N) is 2. The zero-order chi connectivity index (χ0) is 22.0. The molecule has 0 aromatic heterocycles. The number of hydrogen-bond acceptors (Lipinski definition) is 4. The Hall–Kier alpha value is -2.38. The zero-order valence-electron chi connectivity index (χ0n) is 18.1. The van der Waals surface area contributed by atoms with E-state index in [9.17, 15) is 13.2 Å². The van der Waals surface area contributed by atoms with Crippen LogP contribution < -0.4 is 4.74 Å². The number of para-hydroxylation sites is 1. The lowest BCUT2D eigenvalue weighted by Crippen LogP contribution is -2.48. The van der Waals surface area contributed by atoms with E-state index >= 15 is 0 Å². The Kier molecular flexibility index (Phi) is 6.34. The molecule has 2 heterocycles. The van der Waals surface area contributed by atoms with Crippen molar-refractivity contribution < 1.29 is 17.9 Å². The molecule has 0 unspecified atom stereocenters. The zero-order valence-corrected chi connectivity index (χ0v) is 18.9. The standard InChI is InChI=1S/C24H30N2O4S/c1-18(2)17-26-20-12-14-25(24(27)16-19-8-4-3-5-9-19)15-13-21(20)30-22-10-6-7-11-23(22)31(26,28)29/h3-11,18,20-21H,12-17H2,1-2H3/t20-,21-/m0/s1. The molecule has 0 spiro atoms. The fraction of sp³-hybridized carbons (Fsp3) is 0.458. The van der Waals surface area contributed by atoms with E-state index < -0.39 is 10.0 Å². The minimum atomic E-state index is -3.68. The van der Waals surface area contributed by atoms with Gasteiger partial charge in [0.2, 0.25) is 15.9 Å². The largest absolute Gasteiger partial charge is 0.487 e. The van der Waals surface area contributed by atoms with Crippen molar-refractivity contribution in [1.29, 1.82) is 0 Å². The molecule has 2 atom stereocenters. The first-order valence-corrected chi connectivity index (χ1v) is 12.4. The van der Waals surface area contributed by atoms with Gasteiger partial charge in [-0.2, -0.15) is 4.31 Å². The van der Waals surface area contributed by atoms with Crippen molar-refractivity contribution in [3.8, 4) is 5.75 Å². The highest BCUT2D eigenvalue weighted by Crippen LogP contribution is 2.36. The van der Waals surface area contributed by atoms with Crippen LogP contribution in [0.4, 0.5) is 0 Å². The molecule has 1 fully saturated rings. The number of benzene rings is 2. The summed E-state index contributed by atoms with van der Waals surface area (Å²) in [6.07, 6.45) is 1.23. The molecular weight excluding hydrogens is 412 g/mol. The van der Waals surface area contributed by atoms with Gasteiger partial charge >= 0.3 is 0 Å². The lowest BCUT2D eigenvalue weighted by Gasteiger charge is -2.32. The van der Waals surface area contributed by atoms with Gasteiger partial charge in [0.05, 0.1) is 12.5 Å². The Morgan fingerprint density at radius 1 is 1.03 bits per heavy atom. The summed E-state index contributed by atoms with van der Waals surface area (Å²) in [5, 5.41) is 0. The van der Waals surface area contributed by atoms with E-state index in [0.29, 0.717) is 44.6 Å². The third kappa shape index (κ3) is 4.62. The maximum Gasteiger partial charge on any atom is 0.247 e. The van der Waals surface area contributed by atoms with E-state index in [1.165, 1.54) is 0 Å². The molecule has 6 nitrogen and oxygen atoms in total.